The Hall–Kier alpha value is -2.30. The van der Waals surface area contributed by atoms with Crippen LogP contribution in [0.25, 0.3) is 0 Å². The quantitative estimate of drug-likeness (QED) is 0.923. The highest BCUT2D eigenvalue weighted by Gasteiger charge is 2.15. The number of amides is 1. The Labute approximate surface area is 130 Å². The molecule has 0 saturated heterocycles. The first kappa shape index (κ1) is 14.6. The molecule has 116 valence electrons. The second-order valence-electron chi connectivity index (χ2n) is 5.68. The Balaban J connectivity index is 1.67. The molecule has 1 aromatic heterocycles. The number of hydrogen-bond acceptors (Lipinski definition) is 3. The standard InChI is InChI=1S/C17H21N3O2/c1-3-12(2)20-16(6-8-18-20)19-17(21)11-13-4-5-15-14(10-13)7-9-22-15/h4-6,8,10,12H,3,7,9,11H2,1-2H3,(H,19,21). The fourth-order valence-corrected chi connectivity index (χ4v) is 2.66. The summed E-state index contributed by atoms with van der Waals surface area (Å²) in [6, 6.07) is 8.07. The maximum atomic E-state index is 12.3. The van der Waals surface area contributed by atoms with Gasteiger partial charge in [-0.25, -0.2) is 4.68 Å². The highest BCUT2D eigenvalue weighted by Crippen LogP contribution is 2.26. The summed E-state index contributed by atoms with van der Waals surface area (Å²) in [7, 11) is 0. The van der Waals surface area contributed by atoms with Crippen LogP contribution in [-0.4, -0.2) is 22.3 Å². The summed E-state index contributed by atoms with van der Waals surface area (Å²) >= 11 is 0. The average molecular weight is 299 g/mol. The first-order chi connectivity index (χ1) is 10.7. The molecule has 0 bridgehead atoms. The van der Waals surface area contributed by atoms with Crippen LogP contribution in [0.5, 0.6) is 5.75 Å². The summed E-state index contributed by atoms with van der Waals surface area (Å²) in [5, 5.41) is 7.23. The van der Waals surface area contributed by atoms with Crippen LogP contribution in [0.3, 0.4) is 0 Å². The fraction of sp³-hybridized carbons (Fsp3) is 0.412. The summed E-state index contributed by atoms with van der Waals surface area (Å²) in [5.74, 6) is 1.67. The van der Waals surface area contributed by atoms with Gasteiger partial charge in [0.05, 0.1) is 25.3 Å². The van der Waals surface area contributed by atoms with Crippen molar-refractivity contribution < 1.29 is 9.53 Å². The molecule has 1 unspecified atom stereocenters. The third-order valence-electron chi connectivity index (χ3n) is 4.06. The Morgan fingerprint density at radius 1 is 1.45 bits per heavy atom. The van der Waals surface area contributed by atoms with E-state index >= 15 is 0 Å². The lowest BCUT2D eigenvalue weighted by atomic mass is 10.1. The van der Waals surface area contributed by atoms with Crippen LogP contribution in [0.2, 0.25) is 0 Å². The minimum Gasteiger partial charge on any atom is -0.493 e. The van der Waals surface area contributed by atoms with Gasteiger partial charge in [0.2, 0.25) is 5.91 Å². The molecule has 5 heteroatoms. The molecule has 0 spiro atoms. The smallest absolute Gasteiger partial charge is 0.229 e. The van der Waals surface area contributed by atoms with E-state index in [1.807, 2.05) is 22.9 Å². The Kier molecular flexibility index (Phi) is 4.13. The predicted molar refractivity (Wildman–Crippen MR) is 85.2 cm³/mol. The van der Waals surface area contributed by atoms with Crippen molar-refractivity contribution in [3.05, 3.63) is 41.6 Å². The first-order valence-corrected chi connectivity index (χ1v) is 7.75. The molecule has 2 heterocycles. The van der Waals surface area contributed by atoms with E-state index in [1.165, 1.54) is 5.56 Å². The number of rotatable bonds is 5. The van der Waals surface area contributed by atoms with Crippen molar-refractivity contribution in [2.45, 2.75) is 39.2 Å². The topological polar surface area (TPSA) is 56.2 Å². The first-order valence-electron chi connectivity index (χ1n) is 7.75. The number of nitrogens with one attached hydrogen (secondary N) is 1. The van der Waals surface area contributed by atoms with Crippen LogP contribution in [0.4, 0.5) is 5.82 Å². The normalized spacial score (nSPS) is 14.3. The Bertz CT molecular complexity index is 678. The lowest BCUT2D eigenvalue weighted by Gasteiger charge is -2.14. The number of ether oxygens (including phenoxy) is 1. The lowest BCUT2D eigenvalue weighted by molar-refractivity contribution is -0.115. The van der Waals surface area contributed by atoms with E-state index in [-0.39, 0.29) is 11.9 Å². The molecule has 0 saturated carbocycles. The summed E-state index contributed by atoms with van der Waals surface area (Å²) in [6.07, 6.45) is 3.97. The van der Waals surface area contributed by atoms with Gasteiger partial charge in [-0.1, -0.05) is 19.1 Å². The van der Waals surface area contributed by atoms with Gasteiger partial charge < -0.3 is 10.1 Å². The van der Waals surface area contributed by atoms with Crippen LogP contribution < -0.4 is 10.1 Å². The zero-order valence-corrected chi connectivity index (χ0v) is 13.0. The van der Waals surface area contributed by atoms with Crippen molar-refractivity contribution in [3.8, 4) is 5.75 Å². The molecule has 2 aromatic rings. The van der Waals surface area contributed by atoms with Gasteiger partial charge >= 0.3 is 0 Å². The van der Waals surface area contributed by atoms with Crippen LogP contribution in [0.15, 0.2) is 30.5 Å². The number of carbonyl (C=O) groups excluding carboxylic acids is 1. The molecule has 0 fully saturated rings. The van der Waals surface area contributed by atoms with Gasteiger partial charge in [0.1, 0.15) is 11.6 Å². The van der Waals surface area contributed by atoms with Gasteiger partial charge in [-0.2, -0.15) is 5.10 Å². The van der Waals surface area contributed by atoms with E-state index < -0.39 is 0 Å². The lowest BCUT2D eigenvalue weighted by Crippen LogP contribution is -2.19. The monoisotopic (exact) mass is 299 g/mol. The number of nitrogens with zero attached hydrogens (tertiary/aromatic N) is 2. The van der Waals surface area contributed by atoms with E-state index in [0.717, 1.165) is 36.6 Å². The van der Waals surface area contributed by atoms with Gasteiger partial charge in [-0.3, -0.25) is 4.79 Å². The number of fused-ring (bicyclic) bond motifs is 1. The highest BCUT2D eigenvalue weighted by atomic mass is 16.5. The van der Waals surface area contributed by atoms with Crippen LogP contribution in [0.1, 0.15) is 37.4 Å². The van der Waals surface area contributed by atoms with E-state index in [0.29, 0.717) is 6.42 Å². The maximum Gasteiger partial charge on any atom is 0.229 e. The van der Waals surface area contributed by atoms with E-state index in [9.17, 15) is 4.79 Å². The molecule has 1 N–H and O–H groups in total. The molecule has 0 aliphatic carbocycles. The van der Waals surface area contributed by atoms with Gasteiger partial charge in [0.25, 0.3) is 0 Å². The Morgan fingerprint density at radius 3 is 3.14 bits per heavy atom. The van der Waals surface area contributed by atoms with Gasteiger partial charge in [0.15, 0.2) is 0 Å². The summed E-state index contributed by atoms with van der Waals surface area (Å²) < 4.78 is 7.34. The molecule has 1 atom stereocenters. The van der Waals surface area contributed by atoms with Crippen molar-refractivity contribution in [1.29, 1.82) is 0 Å². The van der Waals surface area contributed by atoms with Crippen molar-refractivity contribution in [3.63, 3.8) is 0 Å². The molecule has 1 aliphatic rings. The number of benzene rings is 1. The zero-order valence-electron chi connectivity index (χ0n) is 13.0. The van der Waals surface area contributed by atoms with Gasteiger partial charge in [-0.15, -0.1) is 0 Å². The number of carbonyl (C=O) groups is 1. The maximum absolute atomic E-state index is 12.3. The predicted octanol–water partition coefficient (Wildman–Crippen LogP) is 2.97. The Morgan fingerprint density at radius 2 is 2.32 bits per heavy atom. The second-order valence-corrected chi connectivity index (χ2v) is 5.68. The average Bonchev–Trinajstić information content (AvgIpc) is 3.14. The third-order valence-corrected chi connectivity index (χ3v) is 4.06. The molecular weight excluding hydrogens is 278 g/mol. The van der Waals surface area contributed by atoms with Gasteiger partial charge in [-0.05, 0) is 30.5 Å². The van der Waals surface area contributed by atoms with E-state index in [2.05, 4.69) is 30.3 Å². The van der Waals surface area contributed by atoms with Crippen molar-refractivity contribution in [2.24, 2.45) is 0 Å². The SMILES string of the molecule is CCC(C)n1nccc1NC(=O)Cc1ccc2c(c1)CCO2. The summed E-state index contributed by atoms with van der Waals surface area (Å²) in [6.45, 7) is 4.92. The minimum absolute atomic E-state index is 0.0241. The highest BCUT2D eigenvalue weighted by molar-refractivity contribution is 5.91. The second kappa shape index (κ2) is 6.22. The molecule has 1 amide bonds. The van der Waals surface area contributed by atoms with Gasteiger partial charge in [0, 0.05) is 12.5 Å². The van der Waals surface area contributed by atoms with Crippen molar-refractivity contribution in [1.82, 2.24) is 9.78 Å². The zero-order chi connectivity index (χ0) is 15.5. The molecule has 22 heavy (non-hydrogen) atoms. The van der Waals surface area contributed by atoms with E-state index in [4.69, 9.17) is 4.74 Å². The molecule has 1 aromatic carbocycles. The summed E-state index contributed by atoms with van der Waals surface area (Å²) in [4.78, 5) is 12.3. The van der Waals surface area contributed by atoms with Crippen LogP contribution in [0, 0.1) is 0 Å². The van der Waals surface area contributed by atoms with Crippen LogP contribution >= 0.6 is 0 Å². The fourth-order valence-electron chi connectivity index (χ4n) is 2.66. The van der Waals surface area contributed by atoms with Crippen molar-refractivity contribution in [2.75, 3.05) is 11.9 Å². The molecular formula is C17H21N3O2. The molecule has 3 rings (SSSR count). The van der Waals surface area contributed by atoms with Crippen molar-refractivity contribution >= 4 is 11.7 Å². The molecule has 5 nitrogen and oxygen atoms in total. The number of hydrogen-bond donors (Lipinski definition) is 1. The number of anilines is 1. The number of aromatic nitrogens is 2. The molecule has 1 aliphatic heterocycles. The van der Waals surface area contributed by atoms with E-state index in [1.54, 1.807) is 6.20 Å². The third kappa shape index (κ3) is 2.98. The van der Waals surface area contributed by atoms with Crippen LogP contribution in [-0.2, 0) is 17.6 Å². The minimum atomic E-state index is -0.0241. The molecule has 0 radical (unpaired) electrons. The largest absolute Gasteiger partial charge is 0.493 e. The summed E-state index contributed by atoms with van der Waals surface area (Å²) in [5.41, 5.74) is 2.20.